The summed E-state index contributed by atoms with van der Waals surface area (Å²) in [6.45, 7) is 3.77. The highest BCUT2D eigenvalue weighted by Gasteiger charge is 2.20. The van der Waals surface area contributed by atoms with E-state index in [9.17, 15) is 4.79 Å². The van der Waals surface area contributed by atoms with Crippen LogP contribution in [0.5, 0.6) is 17.2 Å². The smallest absolute Gasteiger partial charge is 0.225 e. The monoisotopic (exact) mass is 450 g/mol. The second-order valence-electron chi connectivity index (χ2n) is 8.18. The maximum Gasteiger partial charge on any atom is 0.225 e. The number of nitrogens with one attached hydrogen (secondary N) is 1. The number of carbonyl (C=O) groups excluding carboxylic acids is 1. The third-order valence-corrected chi connectivity index (χ3v) is 6.69. The molecule has 2 heterocycles. The maximum atomic E-state index is 12.1. The van der Waals surface area contributed by atoms with Crippen LogP contribution in [0.4, 0.5) is 0 Å². The van der Waals surface area contributed by atoms with Gasteiger partial charge in [0.1, 0.15) is 5.75 Å². The Morgan fingerprint density at radius 1 is 1.06 bits per heavy atom. The lowest BCUT2D eigenvalue weighted by Gasteiger charge is -2.32. The van der Waals surface area contributed by atoms with Crippen LogP contribution in [0.15, 0.2) is 66.0 Å². The van der Waals surface area contributed by atoms with Gasteiger partial charge in [0.2, 0.25) is 5.91 Å². The number of para-hydroxylation sites is 2. The number of thiophene rings is 1. The molecule has 1 N–H and O–H groups in total. The first-order chi connectivity index (χ1) is 15.7. The summed E-state index contributed by atoms with van der Waals surface area (Å²) in [6.07, 6.45) is 2.71. The fourth-order valence-electron chi connectivity index (χ4n) is 4.04. The Bertz CT molecular complexity index is 998. The second kappa shape index (κ2) is 11.2. The van der Waals surface area contributed by atoms with Crippen molar-refractivity contribution in [3.8, 4) is 17.2 Å². The van der Waals surface area contributed by atoms with Gasteiger partial charge in [0.05, 0.1) is 13.5 Å². The topological polar surface area (TPSA) is 50.8 Å². The third kappa shape index (κ3) is 6.34. The van der Waals surface area contributed by atoms with Gasteiger partial charge >= 0.3 is 0 Å². The van der Waals surface area contributed by atoms with Gasteiger partial charge in [-0.25, -0.2) is 0 Å². The van der Waals surface area contributed by atoms with Crippen molar-refractivity contribution < 1.29 is 14.3 Å². The zero-order valence-electron chi connectivity index (χ0n) is 18.5. The predicted molar refractivity (Wildman–Crippen MR) is 129 cm³/mol. The molecule has 32 heavy (non-hydrogen) atoms. The van der Waals surface area contributed by atoms with Crippen molar-refractivity contribution in [3.05, 3.63) is 76.5 Å². The molecule has 0 radical (unpaired) electrons. The Morgan fingerprint density at radius 2 is 1.88 bits per heavy atom. The van der Waals surface area contributed by atoms with E-state index in [0.29, 0.717) is 18.1 Å². The van der Waals surface area contributed by atoms with E-state index in [1.165, 1.54) is 5.56 Å². The van der Waals surface area contributed by atoms with E-state index < -0.39 is 0 Å². The highest BCUT2D eigenvalue weighted by atomic mass is 32.1. The Kier molecular flexibility index (Phi) is 7.80. The van der Waals surface area contributed by atoms with Crippen LogP contribution in [-0.2, 0) is 17.8 Å². The average molecular weight is 451 g/mol. The largest absolute Gasteiger partial charge is 0.493 e. The summed E-state index contributed by atoms with van der Waals surface area (Å²) in [5.74, 6) is 2.94. The van der Waals surface area contributed by atoms with Crippen LogP contribution in [0.25, 0.3) is 0 Å². The Morgan fingerprint density at radius 3 is 2.62 bits per heavy atom. The molecule has 0 unspecified atom stereocenters. The van der Waals surface area contributed by atoms with E-state index in [-0.39, 0.29) is 5.91 Å². The van der Waals surface area contributed by atoms with Crippen molar-refractivity contribution in [2.45, 2.75) is 25.8 Å². The molecule has 6 heteroatoms. The van der Waals surface area contributed by atoms with E-state index in [1.807, 2.05) is 53.9 Å². The van der Waals surface area contributed by atoms with Crippen molar-refractivity contribution in [3.63, 3.8) is 0 Å². The van der Waals surface area contributed by atoms with Gasteiger partial charge in [-0.05, 0) is 73.1 Å². The molecular formula is C26H30N2O3S. The van der Waals surface area contributed by atoms with Crippen molar-refractivity contribution in [1.82, 2.24) is 10.2 Å². The molecule has 4 rings (SSSR count). The van der Waals surface area contributed by atoms with E-state index in [0.717, 1.165) is 55.4 Å². The number of amides is 1. The normalized spacial score (nSPS) is 14.8. The number of rotatable bonds is 9. The summed E-state index contributed by atoms with van der Waals surface area (Å²) >= 11 is 1.63. The van der Waals surface area contributed by atoms with Crippen molar-refractivity contribution >= 4 is 17.2 Å². The number of likely N-dealkylation sites (tertiary alicyclic amines) is 1. The molecule has 1 saturated heterocycles. The van der Waals surface area contributed by atoms with E-state index in [2.05, 4.69) is 22.3 Å². The highest BCUT2D eigenvalue weighted by Crippen LogP contribution is 2.31. The standard InChI is InChI=1S/C26H30N2O3S/c1-30-24-9-2-3-10-25(24)31-22-7-4-6-21(16-22)19-28-13-11-20(12-14-28)18-27-26(29)17-23-8-5-15-32-23/h2-10,15-16,20H,11-14,17-19H2,1H3,(H,27,29). The van der Waals surface area contributed by atoms with E-state index >= 15 is 0 Å². The SMILES string of the molecule is COc1ccccc1Oc1cccc(CN2CCC(CNC(=O)Cc3cccs3)CC2)c1. The maximum absolute atomic E-state index is 12.1. The van der Waals surface area contributed by atoms with Crippen molar-refractivity contribution in [2.24, 2.45) is 5.92 Å². The van der Waals surface area contributed by atoms with Gasteiger partial charge in [-0.15, -0.1) is 11.3 Å². The lowest BCUT2D eigenvalue weighted by Crippen LogP contribution is -2.38. The summed E-state index contributed by atoms with van der Waals surface area (Å²) in [7, 11) is 1.65. The predicted octanol–water partition coefficient (Wildman–Crippen LogP) is 5.12. The number of piperidine rings is 1. The van der Waals surface area contributed by atoms with Crippen LogP contribution >= 0.6 is 11.3 Å². The summed E-state index contributed by atoms with van der Waals surface area (Å²) in [6, 6.07) is 19.9. The van der Waals surface area contributed by atoms with Gasteiger partial charge < -0.3 is 14.8 Å². The molecule has 0 bridgehead atoms. The molecule has 5 nitrogen and oxygen atoms in total. The first-order valence-corrected chi connectivity index (χ1v) is 12.0. The van der Waals surface area contributed by atoms with E-state index in [4.69, 9.17) is 9.47 Å². The fraction of sp³-hybridized carbons (Fsp3) is 0.346. The minimum absolute atomic E-state index is 0.127. The van der Waals surface area contributed by atoms with Gasteiger partial charge in [-0.1, -0.05) is 30.3 Å². The third-order valence-electron chi connectivity index (χ3n) is 5.81. The quantitative estimate of drug-likeness (QED) is 0.492. The lowest BCUT2D eigenvalue weighted by molar-refractivity contribution is -0.120. The molecule has 1 aliphatic heterocycles. The lowest BCUT2D eigenvalue weighted by atomic mass is 9.96. The summed E-state index contributed by atoms with van der Waals surface area (Å²) in [5.41, 5.74) is 1.24. The molecule has 0 aliphatic carbocycles. The molecule has 1 aliphatic rings. The Labute approximate surface area is 194 Å². The molecular weight excluding hydrogens is 420 g/mol. The molecule has 2 aromatic carbocycles. The van der Waals surface area contributed by atoms with Gasteiger partial charge in [-0.2, -0.15) is 0 Å². The van der Waals surface area contributed by atoms with Crippen LogP contribution in [0.1, 0.15) is 23.3 Å². The Hall–Kier alpha value is -2.83. The van der Waals surface area contributed by atoms with Gasteiger partial charge in [0, 0.05) is 18.0 Å². The van der Waals surface area contributed by atoms with Crippen molar-refractivity contribution in [2.75, 3.05) is 26.7 Å². The van der Waals surface area contributed by atoms with Crippen molar-refractivity contribution in [1.29, 1.82) is 0 Å². The fourth-order valence-corrected chi connectivity index (χ4v) is 4.74. The van der Waals surface area contributed by atoms with Gasteiger partial charge in [-0.3, -0.25) is 9.69 Å². The summed E-state index contributed by atoms with van der Waals surface area (Å²) in [4.78, 5) is 15.7. The van der Waals surface area contributed by atoms with Gasteiger partial charge in [0.25, 0.3) is 0 Å². The molecule has 0 atom stereocenters. The highest BCUT2D eigenvalue weighted by molar-refractivity contribution is 7.10. The Balaban J connectivity index is 1.23. The number of carbonyl (C=O) groups is 1. The number of nitrogens with zero attached hydrogens (tertiary/aromatic N) is 1. The van der Waals surface area contributed by atoms with Crippen LogP contribution in [0, 0.1) is 5.92 Å². The molecule has 0 saturated carbocycles. The number of hydrogen-bond acceptors (Lipinski definition) is 5. The number of methoxy groups -OCH3 is 1. The van der Waals surface area contributed by atoms with Crippen LogP contribution < -0.4 is 14.8 Å². The zero-order valence-corrected chi connectivity index (χ0v) is 19.3. The second-order valence-corrected chi connectivity index (χ2v) is 9.21. The van der Waals surface area contributed by atoms with Crippen LogP contribution in [-0.4, -0.2) is 37.6 Å². The molecule has 3 aromatic rings. The zero-order chi connectivity index (χ0) is 22.2. The first-order valence-electron chi connectivity index (χ1n) is 11.1. The summed E-state index contributed by atoms with van der Waals surface area (Å²) < 4.78 is 11.4. The molecule has 1 amide bonds. The van der Waals surface area contributed by atoms with Crippen LogP contribution in [0.3, 0.4) is 0 Å². The molecule has 168 valence electrons. The number of ether oxygens (including phenoxy) is 2. The van der Waals surface area contributed by atoms with Gasteiger partial charge in [0.15, 0.2) is 11.5 Å². The molecule has 1 aromatic heterocycles. The minimum atomic E-state index is 0.127. The average Bonchev–Trinajstić information content (AvgIpc) is 3.32. The minimum Gasteiger partial charge on any atom is -0.493 e. The van der Waals surface area contributed by atoms with Crippen LogP contribution in [0.2, 0.25) is 0 Å². The molecule has 0 spiro atoms. The number of benzene rings is 2. The van der Waals surface area contributed by atoms with E-state index in [1.54, 1.807) is 18.4 Å². The first kappa shape index (κ1) is 22.4. The summed E-state index contributed by atoms with van der Waals surface area (Å²) in [5, 5.41) is 5.13. The molecule has 1 fully saturated rings. The number of hydrogen-bond donors (Lipinski definition) is 1.